The molecule has 0 saturated carbocycles. The summed E-state index contributed by atoms with van der Waals surface area (Å²) >= 11 is 3.04. The zero-order chi connectivity index (χ0) is 15.2. The van der Waals surface area contributed by atoms with Crippen molar-refractivity contribution < 1.29 is 13.9 Å². The van der Waals surface area contributed by atoms with Crippen molar-refractivity contribution in [2.24, 2.45) is 0 Å². The smallest absolute Gasteiger partial charge is 0.251 e. The summed E-state index contributed by atoms with van der Waals surface area (Å²) in [5.41, 5.74) is 6.49. The highest BCUT2D eigenvalue weighted by atomic mass is 79.9. The number of carbonyl (C=O) groups is 1. The third kappa shape index (κ3) is 4.46. The van der Waals surface area contributed by atoms with E-state index in [9.17, 15) is 9.18 Å². The molecule has 0 bridgehead atoms. The first-order chi connectivity index (χ1) is 10.1. The summed E-state index contributed by atoms with van der Waals surface area (Å²) in [6.45, 7) is 0.634. The highest BCUT2D eigenvalue weighted by molar-refractivity contribution is 9.10. The number of anilines is 1. The predicted molar refractivity (Wildman–Crippen MR) is 82.8 cm³/mol. The van der Waals surface area contributed by atoms with Gasteiger partial charge in [-0.2, -0.15) is 0 Å². The molecule has 0 spiro atoms. The highest BCUT2D eigenvalue weighted by Gasteiger charge is 2.08. The standard InChI is InChI=1S/C15H14BrFN2O2/c16-13-6-1-10(9-14(13)17)15(20)19-7-8-21-12-4-2-11(18)3-5-12/h1-6,9H,7-8,18H2,(H,19,20). The lowest BCUT2D eigenvalue weighted by atomic mass is 10.2. The molecule has 0 heterocycles. The number of halogens is 2. The van der Waals surface area contributed by atoms with Crippen LogP contribution in [-0.2, 0) is 0 Å². The summed E-state index contributed by atoms with van der Waals surface area (Å²) in [7, 11) is 0. The van der Waals surface area contributed by atoms with Crippen LogP contribution in [0.4, 0.5) is 10.1 Å². The first kappa shape index (κ1) is 15.3. The first-order valence-electron chi connectivity index (χ1n) is 6.28. The van der Waals surface area contributed by atoms with Crippen LogP contribution in [0.15, 0.2) is 46.9 Å². The number of nitrogens with two attached hydrogens (primary N) is 1. The Morgan fingerprint density at radius 2 is 1.95 bits per heavy atom. The van der Waals surface area contributed by atoms with E-state index >= 15 is 0 Å². The van der Waals surface area contributed by atoms with E-state index in [2.05, 4.69) is 21.2 Å². The number of nitrogens with one attached hydrogen (secondary N) is 1. The SMILES string of the molecule is Nc1ccc(OCCNC(=O)c2ccc(Br)c(F)c2)cc1. The van der Waals surface area contributed by atoms with Crippen LogP contribution in [0.25, 0.3) is 0 Å². The third-order valence-corrected chi connectivity index (χ3v) is 3.36. The zero-order valence-electron chi connectivity index (χ0n) is 11.1. The van der Waals surface area contributed by atoms with Gasteiger partial charge in [0.1, 0.15) is 18.2 Å². The van der Waals surface area contributed by atoms with Crippen LogP contribution < -0.4 is 15.8 Å². The van der Waals surface area contributed by atoms with Gasteiger partial charge in [-0.3, -0.25) is 4.79 Å². The van der Waals surface area contributed by atoms with Crippen LogP contribution in [0, 0.1) is 5.82 Å². The molecular weight excluding hydrogens is 339 g/mol. The molecule has 0 saturated heterocycles. The lowest BCUT2D eigenvalue weighted by Crippen LogP contribution is -2.28. The summed E-state index contributed by atoms with van der Waals surface area (Å²) in [4.78, 5) is 11.8. The maximum Gasteiger partial charge on any atom is 0.251 e. The Balaban J connectivity index is 1.79. The Labute approximate surface area is 130 Å². The molecule has 0 radical (unpaired) electrons. The van der Waals surface area contributed by atoms with Crippen molar-refractivity contribution in [2.75, 3.05) is 18.9 Å². The fraction of sp³-hybridized carbons (Fsp3) is 0.133. The van der Waals surface area contributed by atoms with Gasteiger partial charge in [-0.05, 0) is 58.4 Å². The predicted octanol–water partition coefficient (Wildman–Crippen LogP) is 2.98. The van der Waals surface area contributed by atoms with Crippen LogP contribution >= 0.6 is 15.9 Å². The Kier molecular flexibility index (Phi) is 5.16. The first-order valence-corrected chi connectivity index (χ1v) is 7.07. The number of rotatable bonds is 5. The second-order valence-corrected chi connectivity index (χ2v) is 5.16. The molecule has 0 aromatic heterocycles. The van der Waals surface area contributed by atoms with E-state index in [1.807, 2.05) is 0 Å². The molecule has 3 N–H and O–H groups in total. The third-order valence-electron chi connectivity index (χ3n) is 2.72. The van der Waals surface area contributed by atoms with Crippen molar-refractivity contribution in [2.45, 2.75) is 0 Å². The molecule has 0 atom stereocenters. The van der Waals surface area contributed by atoms with Crippen LogP contribution in [0.5, 0.6) is 5.75 Å². The molecule has 0 unspecified atom stereocenters. The van der Waals surface area contributed by atoms with E-state index in [-0.39, 0.29) is 11.5 Å². The molecule has 1 amide bonds. The quantitative estimate of drug-likeness (QED) is 0.642. The van der Waals surface area contributed by atoms with Crippen molar-refractivity contribution in [3.8, 4) is 5.75 Å². The van der Waals surface area contributed by atoms with Crippen molar-refractivity contribution in [3.63, 3.8) is 0 Å². The van der Waals surface area contributed by atoms with E-state index in [0.717, 1.165) is 0 Å². The fourth-order valence-corrected chi connectivity index (χ4v) is 1.88. The van der Waals surface area contributed by atoms with E-state index < -0.39 is 5.82 Å². The molecule has 110 valence electrons. The molecule has 4 nitrogen and oxygen atoms in total. The van der Waals surface area contributed by atoms with Gasteiger partial charge in [0, 0.05) is 11.3 Å². The van der Waals surface area contributed by atoms with Gasteiger partial charge in [0.25, 0.3) is 5.91 Å². The Bertz CT molecular complexity index is 632. The minimum absolute atomic E-state index is 0.267. The van der Waals surface area contributed by atoms with Gasteiger partial charge < -0.3 is 15.8 Å². The Morgan fingerprint density at radius 3 is 2.62 bits per heavy atom. The minimum Gasteiger partial charge on any atom is -0.492 e. The topological polar surface area (TPSA) is 64.3 Å². The molecule has 0 aliphatic heterocycles. The molecule has 0 aliphatic carbocycles. The van der Waals surface area contributed by atoms with Gasteiger partial charge >= 0.3 is 0 Å². The van der Waals surface area contributed by atoms with E-state index in [0.29, 0.717) is 29.1 Å². The monoisotopic (exact) mass is 352 g/mol. The van der Waals surface area contributed by atoms with Gasteiger partial charge in [-0.15, -0.1) is 0 Å². The zero-order valence-corrected chi connectivity index (χ0v) is 12.7. The lowest BCUT2D eigenvalue weighted by molar-refractivity contribution is 0.0946. The summed E-state index contributed by atoms with van der Waals surface area (Å²) in [6, 6.07) is 11.2. The molecule has 0 aliphatic rings. The summed E-state index contributed by atoms with van der Waals surface area (Å²) < 4.78 is 19.1. The van der Waals surface area contributed by atoms with Gasteiger partial charge in [0.2, 0.25) is 0 Å². The molecular formula is C15H14BrFN2O2. The van der Waals surface area contributed by atoms with Gasteiger partial charge in [0.05, 0.1) is 11.0 Å². The molecule has 2 aromatic carbocycles. The maximum absolute atomic E-state index is 13.3. The average Bonchev–Trinajstić information content (AvgIpc) is 2.48. The van der Waals surface area contributed by atoms with Crippen LogP contribution in [0.1, 0.15) is 10.4 Å². The summed E-state index contributed by atoms with van der Waals surface area (Å²) in [5, 5.41) is 2.66. The average molecular weight is 353 g/mol. The Hall–Kier alpha value is -2.08. The number of hydrogen-bond donors (Lipinski definition) is 2. The molecule has 21 heavy (non-hydrogen) atoms. The fourth-order valence-electron chi connectivity index (χ4n) is 1.64. The van der Waals surface area contributed by atoms with Crippen molar-refractivity contribution in [1.82, 2.24) is 5.32 Å². The van der Waals surface area contributed by atoms with Gasteiger partial charge in [-0.25, -0.2) is 4.39 Å². The van der Waals surface area contributed by atoms with Gasteiger partial charge in [-0.1, -0.05) is 0 Å². The highest BCUT2D eigenvalue weighted by Crippen LogP contribution is 2.16. The van der Waals surface area contributed by atoms with Crippen LogP contribution in [-0.4, -0.2) is 19.1 Å². The number of benzene rings is 2. The van der Waals surface area contributed by atoms with Crippen molar-refractivity contribution >= 4 is 27.5 Å². The minimum atomic E-state index is -0.472. The Morgan fingerprint density at radius 1 is 1.24 bits per heavy atom. The number of hydrogen-bond acceptors (Lipinski definition) is 3. The number of amides is 1. The summed E-state index contributed by atoms with van der Waals surface area (Å²) in [6.07, 6.45) is 0. The van der Waals surface area contributed by atoms with E-state index in [1.165, 1.54) is 12.1 Å². The molecule has 6 heteroatoms. The van der Waals surface area contributed by atoms with Crippen LogP contribution in [0.3, 0.4) is 0 Å². The molecule has 2 aromatic rings. The summed E-state index contributed by atoms with van der Waals surface area (Å²) in [5.74, 6) is -0.142. The lowest BCUT2D eigenvalue weighted by Gasteiger charge is -2.08. The van der Waals surface area contributed by atoms with E-state index in [1.54, 1.807) is 30.3 Å². The van der Waals surface area contributed by atoms with E-state index in [4.69, 9.17) is 10.5 Å². The molecule has 2 rings (SSSR count). The normalized spacial score (nSPS) is 10.2. The molecule has 0 fully saturated rings. The second kappa shape index (κ2) is 7.08. The van der Waals surface area contributed by atoms with Gasteiger partial charge in [0.15, 0.2) is 0 Å². The van der Waals surface area contributed by atoms with Crippen molar-refractivity contribution in [1.29, 1.82) is 0 Å². The number of nitrogen functional groups attached to an aromatic ring is 1. The van der Waals surface area contributed by atoms with Crippen molar-refractivity contribution in [3.05, 3.63) is 58.3 Å². The number of carbonyl (C=O) groups excluding carboxylic acids is 1. The number of ether oxygens (including phenoxy) is 1. The largest absolute Gasteiger partial charge is 0.492 e. The maximum atomic E-state index is 13.3. The van der Waals surface area contributed by atoms with Crippen LogP contribution in [0.2, 0.25) is 0 Å². The second-order valence-electron chi connectivity index (χ2n) is 4.30.